The molecule has 0 aliphatic heterocycles. The second kappa shape index (κ2) is 9.69. The van der Waals surface area contributed by atoms with Crippen molar-refractivity contribution in [3.05, 3.63) is 158 Å². The Morgan fingerprint density at radius 1 is 0.239 bits per heavy atom. The monoisotopic (exact) mass is 586 g/mol. The van der Waals surface area contributed by atoms with E-state index in [0.29, 0.717) is 0 Å². The van der Waals surface area contributed by atoms with Crippen molar-refractivity contribution in [1.29, 1.82) is 0 Å². The van der Waals surface area contributed by atoms with Gasteiger partial charge in [-0.15, -0.1) is 0 Å². The van der Waals surface area contributed by atoms with E-state index >= 15 is 0 Å². The molecule has 0 fully saturated rings. The van der Waals surface area contributed by atoms with Gasteiger partial charge in [0.05, 0.1) is 0 Å². The number of furan rings is 2. The first-order valence-electron chi connectivity index (χ1n) is 15.7. The molecule has 214 valence electrons. The lowest BCUT2D eigenvalue weighted by Gasteiger charge is -2.18. The van der Waals surface area contributed by atoms with Crippen molar-refractivity contribution in [1.82, 2.24) is 0 Å². The average molecular weight is 587 g/mol. The standard InChI is InChI=1S/C44H26O2/c1-2-10-27(11-3-1)28-18-20-29(21-19-28)43-32-13-4-6-15-34(32)44(35-16-7-5-14-33(35)43)30-22-23-40-36(24-30)38-25-37-31-12-8-9-17-39(31)45-41(37)26-42(38)46-40/h1-26H. The van der Waals surface area contributed by atoms with Gasteiger partial charge in [-0.3, -0.25) is 0 Å². The Labute approximate surface area is 264 Å². The van der Waals surface area contributed by atoms with Crippen molar-refractivity contribution in [2.45, 2.75) is 0 Å². The fourth-order valence-corrected chi connectivity index (χ4v) is 7.36. The van der Waals surface area contributed by atoms with E-state index in [1.807, 2.05) is 18.2 Å². The second-order valence-corrected chi connectivity index (χ2v) is 12.0. The molecule has 0 atom stereocenters. The summed E-state index contributed by atoms with van der Waals surface area (Å²) in [6, 6.07) is 56.3. The van der Waals surface area contributed by atoms with Crippen molar-refractivity contribution in [3.63, 3.8) is 0 Å². The molecule has 2 aromatic heterocycles. The summed E-state index contributed by atoms with van der Waals surface area (Å²) in [7, 11) is 0. The van der Waals surface area contributed by atoms with Crippen LogP contribution in [-0.2, 0) is 0 Å². The third-order valence-electron chi connectivity index (χ3n) is 9.47. The first kappa shape index (κ1) is 25.2. The molecule has 0 saturated carbocycles. The summed E-state index contributed by atoms with van der Waals surface area (Å²) in [5.41, 5.74) is 10.8. The summed E-state index contributed by atoms with van der Waals surface area (Å²) in [5, 5.41) is 9.38. The maximum absolute atomic E-state index is 6.38. The van der Waals surface area contributed by atoms with E-state index in [9.17, 15) is 0 Å². The highest BCUT2D eigenvalue weighted by Gasteiger charge is 2.19. The van der Waals surface area contributed by atoms with Crippen LogP contribution in [0.2, 0.25) is 0 Å². The molecule has 0 N–H and O–H groups in total. The Hall–Kier alpha value is -6.12. The lowest BCUT2D eigenvalue weighted by atomic mass is 9.85. The van der Waals surface area contributed by atoms with E-state index in [0.717, 1.165) is 43.9 Å². The number of hydrogen-bond acceptors (Lipinski definition) is 2. The van der Waals surface area contributed by atoms with Gasteiger partial charge in [-0.05, 0) is 79.2 Å². The largest absolute Gasteiger partial charge is 0.456 e. The van der Waals surface area contributed by atoms with Crippen molar-refractivity contribution < 1.29 is 8.83 Å². The van der Waals surface area contributed by atoms with Crippen LogP contribution in [-0.4, -0.2) is 0 Å². The van der Waals surface area contributed by atoms with Gasteiger partial charge < -0.3 is 8.83 Å². The number of fused-ring (bicyclic) bond motifs is 8. The van der Waals surface area contributed by atoms with Gasteiger partial charge in [0.25, 0.3) is 0 Å². The highest BCUT2D eigenvalue weighted by molar-refractivity contribution is 6.22. The molecule has 0 aliphatic carbocycles. The summed E-state index contributed by atoms with van der Waals surface area (Å²) in [4.78, 5) is 0. The minimum atomic E-state index is 0.836. The Morgan fingerprint density at radius 3 is 1.33 bits per heavy atom. The summed E-state index contributed by atoms with van der Waals surface area (Å²) >= 11 is 0. The zero-order valence-electron chi connectivity index (χ0n) is 24.8. The zero-order valence-corrected chi connectivity index (χ0v) is 24.8. The molecule has 10 aromatic rings. The molecule has 0 aliphatic rings. The fourth-order valence-electron chi connectivity index (χ4n) is 7.36. The molecule has 2 heteroatoms. The van der Waals surface area contributed by atoms with Gasteiger partial charge in [-0.25, -0.2) is 0 Å². The second-order valence-electron chi connectivity index (χ2n) is 12.0. The van der Waals surface area contributed by atoms with E-state index < -0.39 is 0 Å². The molecular formula is C44H26O2. The Bertz CT molecular complexity index is 2720. The normalized spacial score (nSPS) is 11.9. The summed E-state index contributed by atoms with van der Waals surface area (Å²) in [5.74, 6) is 0. The predicted molar refractivity (Wildman–Crippen MR) is 192 cm³/mol. The highest BCUT2D eigenvalue weighted by Crippen LogP contribution is 2.45. The van der Waals surface area contributed by atoms with Crippen LogP contribution in [0.1, 0.15) is 0 Å². The number of rotatable bonds is 3. The third kappa shape index (κ3) is 3.71. The summed E-state index contributed by atoms with van der Waals surface area (Å²) in [6.07, 6.45) is 0. The number of para-hydroxylation sites is 1. The molecule has 0 amide bonds. The van der Waals surface area contributed by atoms with Gasteiger partial charge in [0.1, 0.15) is 22.3 Å². The molecule has 46 heavy (non-hydrogen) atoms. The molecule has 2 heterocycles. The van der Waals surface area contributed by atoms with Gasteiger partial charge in [-0.1, -0.05) is 127 Å². The molecule has 0 bridgehead atoms. The lowest BCUT2D eigenvalue weighted by molar-refractivity contribution is 0.656. The van der Waals surface area contributed by atoms with E-state index in [2.05, 4.69) is 140 Å². The molecule has 10 rings (SSSR count). The number of benzene rings is 8. The van der Waals surface area contributed by atoms with Crippen molar-refractivity contribution >= 4 is 65.4 Å². The first-order valence-corrected chi connectivity index (χ1v) is 15.7. The predicted octanol–water partition coefficient (Wildman–Crippen LogP) is 12.8. The van der Waals surface area contributed by atoms with Gasteiger partial charge in [0.15, 0.2) is 0 Å². The van der Waals surface area contributed by atoms with Crippen LogP contribution in [0.4, 0.5) is 0 Å². The summed E-state index contributed by atoms with van der Waals surface area (Å²) in [6.45, 7) is 0. The third-order valence-corrected chi connectivity index (χ3v) is 9.47. The van der Waals surface area contributed by atoms with Crippen LogP contribution in [0.3, 0.4) is 0 Å². The zero-order chi connectivity index (χ0) is 30.2. The van der Waals surface area contributed by atoms with Crippen LogP contribution in [0.15, 0.2) is 167 Å². The average Bonchev–Trinajstić information content (AvgIpc) is 3.66. The lowest BCUT2D eigenvalue weighted by Crippen LogP contribution is -1.91. The van der Waals surface area contributed by atoms with Gasteiger partial charge in [-0.2, -0.15) is 0 Å². The van der Waals surface area contributed by atoms with Crippen molar-refractivity contribution in [2.24, 2.45) is 0 Å². The van der Waals surface area contributed by atoms with Crippen LogP contribution < -0.4 is 0 Å². The van der Waals surface area contributed by atoms with E-state index in [4.69, 9.17) is 8.83 Å². The van der Waals surface area contributed by atoms with Gasteiger partial charge in [0, 0.05) is 27.6 Å². The molecule has 0 unspecified atom stereocenters. The minimum Gasteiger partial charge on any atom is -0.456 e. The molecule has 0 radical (unpaired) electrons. The molecule has 0 spiro atoms. The quantitative estimate of drug-likeness (QED) is 0.193. The fraction of sp³-hybridized carbons (Fsp3) is 0. The van der Waals surface area contributed by atoms with Crippen LogP contribution in [0, 0.1) is 0 Å². The van der Waals surface area contributed by atoms with Crippen molar-refractivity contribution in [3.8, 4) is 33.4 Å². The topological polar surface area (TPSA) is 26.3 Å². The van der Waals surface area contributed by atoms with Crippen LogP contribution in [0.25, 0.3) is 98.8 Å². The maximum Gasteiger partial charge on any atom is 0.139 e. The van der Waals surface area contributed by atoms with Gasteiger partial charge in [0.2, 0.25) is 0 Å². The molecule has 8 aromatic carbocycles. The smallest absolute Gasteiger partial charge is 0.139 e. The molecule has 0 saturated heterocycles. The van der Waals surface area contributed by atoms with Gasteiger partial charge >= 0.3 is 0 Å². The SMILES string of the molecule is c1ccc(-c2ccc(-c3c4ccccc4c(-c4ccc5oc6cc7oc8ccccc8c7cc6c5c4)c4ccccc34)cc2)cc1. The molecule has 2 nitrogen and oxygen atoms in total. The summed E-state index contributed by atoms with van der Waals surface area (Å²) < 4.78 is 12.5. The van der Waals surface area contributed by atoms with Crippen LogP contribution in [0.5, 0.6) is 0 Å². The maximum atomic E-state index is 6.38. The number of hydrogen-bond donors (Lipinski definition) is 0. The Morgan fingerprint density at radius 2 is 0.674 bits per heavy atom. The van der Waals surface area contributed by atoms with E-state index in [1.54, 1.807) is 0 Å². The Balaban J connectivity index is 1.21. The highest BCUT2D eigenvalue weighted by atomic mass is 16.3. The first-order chi connectivity index (χ1) is 22.8. The van der Waals surface area contributed by atoms with E-state index in [1.165, 1.54) is 54.9 Å². The van der Waals surface area contributed by atoms with Crippen molar-refractivity contribution in [2.75, 3.05) is 0 Å². The van der Waals surface area contributed by atoms with Crippen LogP contribution >= 0.6 is 0 Å². The Kier molecular flexibility index (Phi) is 5.31. The minimum absolute atomic E-state index is 0.836. The molecular weight excluding hydrogens is 560 g/mol. The van der Waals surface area contributed by atoms with E-state index in [-0.39, 0.29) is 0 Å².